The van der Waals surface area contributed by atoms with Crippen LogP contribution in [0.2, 0.25) is 0 Å². The van der Waals surface area contributed by atoms with Crippen molar-refractivity contribution >= 4 is 16.8 Å². The van der Waals surface area contributed by atoms with E-state index in [9.17, 15) is 8.76 Å². The van der Waals surface area contributed by atoms with E-state index in [2.05, 4.69) is 0 Å². The largest absolute Gasteiger partial charge is 0.772 e. The molecule has 0 heterocycles. The third kappa shape index (κ3) is 1.89. The monoisotopic (exact) mass is 198 g/mol. The van der Waals surface area contributed by atoms with Crippen molar-refractivity contribution < 1.29 is 8.76 Å². The minimum atomic E-state index is -2.17. The molecule has 0 aliphatic carbocycles. The number of anilines is 1. The van der Waals surface area contributed by atoms with Crippen molar-refractivity contribution in [2.45, 2.75) is 18.6 Å². The molecule has 1 aromatic rings. The Kier molecular flexibility index (Phi) is 2.73. The van der Waals surface area contributed by atoms with Gasteiger partial charge in [-0.3, -0.25) is 4.21 Å². The molecule has 0 radical (unpaired) electrons. The van der Waals surface area contributed by atoms with Gasteiger partial charge in [0.15, 0.2) is 0 Å². The van der Waals surface area contributed by atoms with E-state index in [1.54, 1.807) is 38.1 Å². The van der Waals surface area contributed by atoms with E-state index in [-0.39, 0.29) is 0 Å². The Balaban J connectivity index is 3.22. The molecule has 0 aliphatic heterocycles. The molecule has 0 saturated heterocycles. The molecular weight excluding hydrogens is 186 g/mol. The van der Waals surface area contributed by atoms with E-state index < -0.39 is 15.8 Å². The van der Waals surface area contributed by atoms with Crippen LogP contribution >= 0.6 is 0 Å². The third-order valence-electron chi connectivity index (χ3n) is 2.03. The summed E-state index contributed by atoms with van der Waals surface area (Å²) in [6.45, 7) is 3.25. The maximum absolute atomic E-state index is 10.9. The predicted octanol–water partition coefficient (Wildman–Crippen LogP) is 1.38. The van der Waals surface area contributed by atoms with Gasteiger partial charge in [-0.1, -0.05) is 18.2 Å². The number of hydrogen-bond acceptors (Lipinski definition) is 3. The lowest BCUT2D eigenvalue weighted by Gasteiger charge is -2.29. The van der Waals surface area contributed by atoms with Crippen LogP contribution in [0, 0.1) is 0 Å². The lowest BCUT2D eigenvalue weighted by atomic mass is 10.0. The van der Waals surface area contributed by atoms with Crippen molar-refractivity contribution in [2.24, 2.45) is 0 Å². The van der Waals surface area contributed by atoms with Gasteiger partial charge in [0.25, 0.3) is 0 Å². The van der Waals surface area contributed by atoms with Gasteiger partial charge in [0, 0.05) is 5.69 Å². The summed E-state index contributed by atoms with van der Waals surface area (Å²) in [4.78, 5) is 0. The second-order valence-electron chi connectivity index (χ2n) is 3.33. The highest BCUT2D eigenvalue weighted by Gasteiger charge is 2.23. The molecule has 1 unspecified atom stereocenters. The molecule has 4 heteroatoms. The molecule has 1 aromatic carbocycles. The Hall–Kier alpha value is -0.870. The number of nitrogens with two attached hydrogens (primary N) is 1. The molecule has 0 bridgehead atoms. The first-order chi connectivity index (χ1) is 5.96. The molecule has 2 N–H and O–H groups in total. The van der Waals surface area contributed by atoms with E-state index in [4.69, 9.17) is 5.73 Å². The first-order valence-electron chi connectivity index (χ1n) is 3.90. The zero-order valence-corrected chi connectivity index (χ0v) is 8.43. The molecule has 0 aliphatic rings. The topological polar surface area (TPSA) is 66.2 Å². The van der Waals surface area contributed by atoms with Crippen LogP contribution < -0.4 is 5.73 Å². The van der Waals surface area contributed by atoms with E-state index in [0.29, 0.717) is 11.3 Å². The summed E-state index contributed by atoms with van der Waals surface area (Å²) in [5, 5.41) is 0. The van der Waals surface area contributed by atoms with Gasteiger partial charge in [-0.15, -0.1) is 0 Å². The SMILES string of the molecule is CC(C)(c1ccccc1N)S(=O)[O-]. The molecule has 3 nitrogen and oxygen atoms in total. The molecule has 0 spiro atoms. The molecule has 0 amide bonds. The van der Waals surface area contributed by atoms with Gasteiger partial charge >= 0.3 is 0 Å². The lowest BCUT2D eigenvalue weighted by Crippen LogP contribution is -2.24. The summed E-state index contributed by atoms with van der Waals surface area (Å²) in [5.74, 6) is 0. The van der Waals surface area contributed by atoms with Gasteiger partial charge in [0.05, 0.1) is 4.75 Å². The number of para-hydroxylation sites is 1. The van der Waals surface area contributed by atoms with Crippen LogP contribution in [0.1, 0.15) is 19.4 Å². The molecule has 1 rings (SSSR count). The number of rotatable bonds is 2. The zero-order chi connectivity index (χ0) is 10.1. The zero-order valence-electron chi connectivity index (χ0n) is 7.61. The molecular formula is C9H12NO2S-. The maximum atomic E-state index is 10.9. The van der Waals surface area contributed by atoms with E-state index in [1.165, 1.54) is 0 Å². The van der Waals surface area contributed by atoms with Crippen LogP contribution in [-0.2, 0) is 15.8 Å². The van der Waals surface area contributed by atoms with Crippen LogP contribution in [0.15, 0.2) is 24.3 Å². The van der Waals surface area contributed by atoms with Crippen molar-refractivity contribution in [1.82, 2.24) is 0 Å². The molecule has 72 valence electrons. The van der Waals surface area contributed by atoms with Crippen LogP contribution in [0.25, 0.3) is 0 Å². The Labute approximate surface area is 80.2 Å². The van der Waals surface area contributed by atoms with E-state index in [0.717, 1.165) is 0 Å². The fraction of sp³-hybridized carbons (Fsp3) is 0.333. The molecule has 0 aromatic heterocycles. The minimum absolute atomic E-state index is 0.511. The maximum Gasteiger partial charge on any atom is 0.0539 e. The lowest BCUT2D eigenvalue weighted by molar-refractivity contribution is 0.500. The van der Waals surface area contributed by atoms with Gasteiger partial charge in [0.2, 0.25) is 0 Å². The number of nitrogen functional groups attached to an aromatic ring is 1. The van der Waals surface area contributed by atoms with E-state index in [1.807, 2.05) is 0 Å². The summed E-state index contributed by atoms with van der Waals surface area (Å²) in [5.41, 5.74) is 6.82. The summed E-state index contributed by atoms with van der Waals surface area (Å²) < 4.78 is 20.9. The molecule has 0 fully saturated rings. The smallest absolute Gasteiger partial charge is 0.0539 e. The second kappa shape index (κ2) is 3.47. The van der Waals surface area contributed by atoms with Crippen molar-refractivity contribution in [2.75, 3.05) is 5.73 Å². The quantitative estimate of drug-likeness (QED) is 0.576. The van der Waals surface area contributed by atoms with Gasteiger partial charge in [-0.25, -0.2) is 0 Å². The van der Waals surface area contributed by atoms with E-state index >= 15 is 0 Å². The fourth-order valence-corrected chi connectivity index (χ4v) is 1.50. The highest BCUT2D eigenvalue weighted by molar-refractivity contribution is 7.80. The third-order valence-corrected chi connectivity index (χ3v) is 3.08. The summed E-state index contributed by atoms with van der Waals surface area (Å²) in [6, 6.07) is 6.98. The summed E-state index contributed by atoms with van der Waals surface area (Å²) >= 11 is -2.17. The Morgan fingerprint density at radius 2 is 1.92 bits per heavy atom. The molecule has 0 saturated carbocycles. The van der Waals surface area contributed by atoms with Crippen molar-refractivity contribution in [3.8, 4) is 0 Å². The van der Waals surface area contributed by atoms with Crippen molar-refractivity contribution in [3.05, 3.63) is 29.8 Å². The number of hydrogen-bond donors (Lipinski definition) is 1. The first-order valence-corrected chi connectivity index (χ1v) is 4.98. The highest BCUT2D eigenvalue weighted by Crippen LogP contribution is 2.30. The van der Waals surface area contributed by atoms with Crippen molar-refractivity contribution in [3.63, 3.8) is 0 Å². The standard InChI is InChI=1S/C9H13NO2S/c1-9(2,13(11)12)7-5-3-4-6-8(7)10/h3-6H,10H2,1-2H3,(H,11,12)/p-1. The fourth-order valence-electron chi connectivity index (χ4n) is 1.14. The Morgan fingerprint density at radius 3 is 2.38 bits per heavy atom. The highest BCUT2D eigenvalue weighted by atomic mass is 32.2. The van der Waals surface area contributed by atoms with Gasteiger partial charge in [-0.05, 0) is 36.6 Å². The minimum Gasteiger partial charge on any atom is -0.772 e. The molecule has 13 heavy (non-hydrogen) atoms. The van der Waals surface area contributed by atoms with Gasteiger partial charge < -0.3 is 10.3 Å². The molecule has 1 atom stereocenters. The normalized spacial score (nSPS) is 14.1. The van der Waals surface area contributed by atoms with Crippen LogP contribution in [0.5, 0.6) is 0 Å². The van der Waals surface area contributed by atoms with Crippen LogP contribution in [0.4, 0.5) is 5.69 Å². The van der Waals surface area contributed by atoms with Gasteiger partial charge in [0.1, 0.15) is 0 Å². The van der Waals surface area contributed by atoms with Crippen LogP contribution in [-0.4, -0.2) is 8.76 Å². The summed E-state index contributed by atoms with van der Waals surface area (Å²) in [7, 11) is 0. The Bertz CT molecular complexity index is 336. The van der Waals surface area contributed by atoms with Gasteiger partial charge in [-0.2, -0.15) is 0 Å². The number of benzene rings is 1. The van der Waals surface area contributed by atoms with Crippen molar-refractivity contribution in [1.29, 1.82) is 0 Å². The average Bonchev–Trinajstić information content (AvgIpc) is 2.04. The average molecular weight is 198 g/mol. The second-order valence-corrected chi connectivity index (χ2v) is 4.82. The Morgan fingerprint density at radius 1 is 1.38 bits per heavy atom. The predicted molar refractivity (Wildman–Crippen MR) is 52.8 cm³/mol. The summed E-state index contributed by atoms with van der Waals surface area (Å²) in [6.07, 6.45) is 0. The van der Waals surface area contributed by atoms with Crippen LogP contribution in [0.3, 0.4) is 0 Å². The first kappa shape index (κ1) is 10.2.